The molecule has 0 unspecified atom stereocenters. The summed E-state index contributed by atoms with van der Waals surface area (Å²) in [7, 11) is 0. The first-order valence-electron chi connectivity index (χ1n) is 12.9. The molecular weight excluding hydrogens is 476 g/mol. The van der Waals surface area contributed by atoms with Gasteiger partial charge in [0.25, 0.3) is 0 Å². The molecule has 3 aromatic carbocycles. The van der Waals surface area contributed by atoms with Gasteiger partial charge in [-0.25, -0.2) is 9.97 Å². The molecule has 0 aliphatic heterocycles. The van der Waals surface area contributed by atoms with Gasteiger partial charge in [0.05, 0.1) is 33.5 Å². The highest BCUT2D eigenvalue weighted by Gasteiger charge is 2.08. The highest BCUT2D eigenvalue weighted by molar-refractivity contribution is 6.04. The summed E-state index contributed by atoms with van der Waals surface area (Å²) in [6, 6.07) is 31.1. The lowest BCUT2D eigenvalue weighted by Gasteiger charge is -2.08. The van der Waals surface area contributed by atoms with Crippen molar-refractivity contribution in [1.29, 1.82) is 0 Å². The van der Waals surface area contributed by atoms with Crippen LogP contribution in [0.2, 0.25) is 0 Å². The third-order valence-corrected chi connectivity index (χ3v) is 7.22. The summed E-state index contributed by atoms with van der Waals surface area (Å²) >= 11 is 0. The maximum absolute atomic E-state index is 5.00. The Morgan fingerprint density at radius 2 is 1.23 bits per heavy atom. The maximum atomic E-state index is 5.00. The maximum Gasteiger partial charge on any atom is 0.0972 e. The molecule has 0 saturated heterocycles. The number of rotatable bonds is 4. The standard InChI is InChI=1S/C35H24N4/c1-22(30-17-15-27-12-10-25-5-3-19-36-32(25)34(27)38-30)7-8-24-9-14-29(21-23(24)2)31-18-16-28-13-11-26-6-4-20-37-33(26)35(28)39-31/h3-21H,1H2,2H3/b8-7-. The third kappa shape index (κ3) is 4.12. The molecule has 0 fully saturated rings. The number of hydrogen-bond acceptors (Lipinski definition) is 4. The Balaban J connectivity index is 1.19. The molecule has 7 rings (SSSR count). The number of benzene rings is 3. The van der Waals surface area contributed by atoms with E-state index in [1.54, 1.807) is 0 Å². The van der Waals surface area contributed by atoms with Crippen LogP contribution >= 0.6 is 0 Å². The fraction of sp³-hybridized carbons (Fsp3) is 0.0286. The fourth-order valence-corrected chi connectivity index (χ4v) is 5.08. The van der Waals surface area contributed by atoms with Crippen molar-refractivity contribution in [2.75, 3.05) is 0 Å². The van der Waals surface area contributed by atoms with Crippen LogP contribution in [-0.2, 0) is 0 Å². The first kappa shape index (κ1) is 22.9. The predicted octanol–water partition coefficient (Wildman–Crippen LogP) is 8.58. The van der Waals surface area contributed by atoms with Crippen LogP contribution in [0.15, 0.2) is 116 Å². The number of aryl methyl sites for hydroxylation is 1. The smallest absolute Gasteiger partial charge is 0.0972 e. The van der Waals surface area contributed by atoms with E-state index in [2.05, 4.69) is 102 Å². The average Bonchev–Trinajstić information content (AvgIpc) is 2.99. The van der Waals surface area contributed by atoms with Gasteiger partial charge in [-0.2, -0.15) is 0 Å². The molecule has 4 heteroatoms. The Labute approximate surface area is 226 Å². The van der Waals surface area contributed by atoms with E-state index in [0.29, 0.717) is 0 Å². The van der Waals surface area contributed by atoms with E-state index in [1.165, 1.54) is 0 Å². The van der Waals surface area contributed by atoms with Crippen molar-refractivity contribution in [3.63, 3.8) is 0 Å². The zero-order valence-corrected chi connectivity index (χ0v) is 21.5. The van der Waals surface area contributed by atoms with Gasteiger partial charge in [0, 0.05) is 39.5 Å². The second-order valence-electron chi connectivity index (χ2n) is 9.75. The van der Waals surface area contributed by atoms with E-state index in [4.69, 9.17) is 9.97 Å². The van der Waals surface area contributed by atoms with Gasteiger partial charge in [-0.05, 0) is 54.0 Å². The van der Waals surface area contributed by atoms with Crippen molar-refractivity contribution >= 4 is 55.3 Å². The molecule has 0 N–H and O–H groups in total. The zero-order valence-electron chi connectivity index (χ0n) is 21.5. The van der Waals surface area contributed by atoms with E-state index in [1.807, 2.05) is 36.7 Å². The van der Waals surface area contributed by atoms with Gasteiger partial charge in [0.15, 0.2) is 0 Å². The molecule has 7 aromatic rings. The van der Waals surface area contributed by atoms with Gasteiger partial charge in [-0.15, -0.1) is 0 Å². The molecule has 0 aliphatic rings. The number of nitrogens with zero attached hydrogens (tertiary/aromatic N) is 4. The summed E-state index contributed by atoms with van der Waals surface area (Å²) in [6.07, 6.45) is 7.76. The van der Waals surface area contributed by atoms with Crippen molar-refractivity contribution in [2.45, 2.75) is 6.92 Å². The summed E-state index contributed by atoms with van der Waals surface area (Å²) in [5.41, 5.74) is 9.65. The van der Waals surface area contributed by atoms with Crippen molar-refractivity contribution < 1.29 is 0 Å². The van der Waals surface area contributed by atoms with E-state index in [-0.39, 0.29) is 0 Å². The highest BCUT2D eigenvalue weighted by Crippen LogP contribution is 2.28. The van der Waals surface area contributed by atoms with Crippen LogP contribution in [0.25, 0.3) is 66.5 Å². The largest absolute Gasteiger partial charge is 0.254 e. The zero-order chi connectivity index (χ0) is 26.3. The molecule has 0 atom stereocenters. The molecule has 0 spiro atoms. The van der Waals surface area contributed by atoms with Crippen LogP contribution in [0.3, 0.4) is 0 Å². The Morgan fingerprint density at radius 1 is 0.641 bits per heavy atom. The summed E-state index contributed by atoms with van der Waals surface area (Å²) < 4.78 is 0. The van der Waals surface area contributed by atoms with Crippen LogP contribution in [0.4, 0.5) is 0 Å². The number of fused-ring (bicyclic) bond motifs is 6. The summed E-state index contributed by atoms with van der Waals surface area (Å²) in [4.78, 5) is 19.1. The van der Waals surface area contributed by atoms with Crippen molar-refractivity contribution in [1.82, 2.24) is 19.9 Å². The molecule has 4 heterocycles. The Kier molecular flexibility index (Phi) is 5.45. The Hall–Kier alpha value is -5.22. The lowest BCUT2D eigenvalue weighted by Crippen LogP contribution is -1.91. The van der Waals surface area contributed by atoms with E-state index >= 15 is 0 Å². The Bertz CT molecular complexity index is 2110. The second kappa shape index (κ2) is 9.26. The first-order valence-corrected chi connectivity index (χ1v) is 12.9. The molecule has 0 radical (unpaired) electrons. The molecular formula is C35H24N4. The lowest BCUT2D eigenvalue weighted by molar-refractivity contribution is 1.34. The topological polar surface area (TPSA) is 51.6 Å². The summed E-state index contributed by atoms with van der Waals surface area (Å²) in [5.74, 6) is 0. The predicted molar refractivity (Wildman–Crippen MR) is 162 cm³/mol. The van der Waals surface area contributed by atoms with Crippen LogP contribution in [0, 0.1) is 6.92 Å². The number of allylic oxidation sites excluding steroid dienone is 2. The first-order chi connectivity index (χ1) is 19.1. The van der Waals surface area contributed by atoms with Gasteiger partial charge >= 0.3 is 0 Å². The number of hydrogen-bond donors (Lipinski definition) is 0. The minimum atomic E-state index is 0.840. The molecule has 0 saturated carbocycles. The van der Waals surface area contributed by atoms with E-state index in [9.17, 15) is 0 Å². The minimum absolute atomic E-state index is 0.840. The second-order valence-corrected chi connectivity index (χ2v) is 9.75. The van der Waals surface area contributed by atoms with Gasteiger partial charge in [0.2, 0.25) is 0 Å². The van der Waals surface area contributed by atoms with Crippen molar-refractivity contribution in [2.24, 2.45) is 0 Å². The SMILES string of the molecule is C=C(/C=C\c1ccc(-c2ccc3ccc4cccnc4c3n2)cc1C)c1ccc2ccc3cccnc3c2n1. The van der Waals surface area contributed by atoms with Crippen LogP contribution < -0.4 is 0 Å². The van der Waals surface area contributed by atoms with E-state index in [0.717, 1.165) is 77.3 Å². The van der Waals surface area contributed by atoms with Crippen molar-refractivity contribution in [3.8, 4) is 11.3 Å². The molecule has 0 amide bonds. The fourth-order valence-electron chi connectivity index (χ4n) is 5.08. The Morgan fingerprint density at radius 3 is 1.90 bits per heavy atom. The van der Waals surface area contributed by atoms with E-state index < -0.39 is 0 Å². The van der Waals surface area contributed by atoms with Gasteiger partial charge < -0.3 is 0 Å². The molecule has 0 aliphatic carbocycles. The van der Waals surface area contributed by atoms with Crippen molar-refractivity contribution in [3.05, 3.63) is 133 Å². The number of pyridine rings is 4. The van der Waals surface area contributed by atoms with Crippen LogP contribution in [0.1, 0.15) is 16.8 Å². The number of aromatic nitrogens is 4. The monoisotopic (exact) mass is 500 g/mol. The minimum Gasteiger partial charge on any atom is -0.254 e. The molecule has 39 heavy (non-hydrogen) atoms. The molecule has 184 valence electrons. The lowest BCUT2D eigenvalue weighted by atomic mass is 10.0. The van der Waals surface area contributed by atoms with Gasteiger partial charge in [0.1, 0.15) is 0 Å². The van der Waals surface area contributed by atoms with Gasteiger partial charge in [-0.1, -0.05) is 79.4 Å². The summed E-state index contributed by atoms with van der Waals surface area (Å²) in [6.45, 7) is 6.41. The van der Waals surface area contributed by atoms with Gasteiger partial charge in [-0.3, -0.25) is 9.97 Å². The quantitative estimate of drug-likeness (QED) is 0.179. The third-order valence-electron chi connectivity index (χ3n) is 7.22. The normalized spacial score (nSPS) is 11.7. The molecule has 0 bridgehead atoms. The van der Waals surface area contributed by atoms with Crippen LogP contribution in [0.5, 0.6) is 0 Å². The summed E-state index contributed by atoms with van der Waals surface area (Å²) in [5, 5.41) is 4.33. The highest BCUT2D eigenvalue weighted by atomic mass is 14.8. The molecule has 4 nitrogen and oxygen atoms in total. The average molecular weight is 501 g/mol. The van der Waals surface area contributed by atoms with Crippen LogP contribution in [-0.4, -0.2) is 19.9 Å². The molecule has 4 aromatic heterocycles.